The largest absolute Gasteiger partial charge is 0.395 e. The Labute approximate surface area is 95.5 Å². The van der Waals surface area contributed by atoms with Crippen molar-refractivity contribution in [2.45, 2.75) is 18.9 Å². The normalized spacial score (nSPS) is 19.9. The number of hydrogen-bond acceptors (Lipinski definition) is 5. The Morgan fingerprint density at radius 3 is 3.12 bits per heavy atom. The van der Waals surface area contributed by atoms with Gasteiger partial charge in [-0.25, -0.2) is 9.97 Å². The summed E-state index contributed by atoms with van der Waals surface area (Å²) in [7, 11) is 0. The van der Waals surface area contributed by atoms with Crippen LogP contribution in [0.2, 0.25) is 0 Å². The molecule has 0 radical (unpaired) electrons. The van der Waals surface area contributed by atoms with Crippen LogP contribution in [0, 0.1) is 0 Å². The molecule has 5 heteroatoms. The molecule has 1 aromatic rings. The van der Waals surface area contributed by atoms with Gasteiger partial charge in [0.15, 0.2) is 0 Å². The van der Waals surface area contributed by atoms with Gasteiger partial charge < -0.3 is 15.3 Å². The molecule has 1 aliphatic rings. The first-order chi connectivity index (χ1) is 7.90. The van der Waals surface area contributed by atoms with Gasteiger partial charge in [0.1, 0.15) is 12.1 Å². The lowest BCUT2D eigenvalue weighted by molar-refractivity contribution is 0.300. The van der Waals surface area contributed by atoms with Crippen LogP contribution in [0.5, 0.6) is 0 Å². The fraction of sp³-hybridized carbons (Fsp3) is 0.636. The van der Waals surface area contributed by atoms with Crippen molar-refractivity contribution >= 4 is 5.82 Å². The maximum absolute atomic E-state index is 9.07. The molecule has 5 nitrogen and oxygen atoms in total. The van der Waals surface area contributed by atoms with E-state index in [1.54, 1.807) is 12.5 Å². The average molecular weight is 222 g/mol. The molecule has 2 rings (SSSR count). The van der Waals surface area contributed by atoms with E-state index in [4.69, 9.17) is 5.11 Å². The van der Waals surface area contributed by atoms with Crippen molar-refractivity contribution in [3.8, 4) is 0 Å². The van der Waals surface area contributed by atoms with Gasteiger partial charge in [0, 0.05) is 25.3 Å². The molecule has 0 bridgehead atoms. The molecule has 16 heavy (non-hydrogen) atoms. The van der Waals surface area contributed by atoms with Crippen LogP contribution in [0.4, 0.5) is 5.82 Å². The summed E-state index contributed by atoms with van der Waals surface area (Å²) in [6.07, 6.45) is 5.71. The fourth-order valence-corrected chi connectivity index (χ4v) is 2.07. The van der Waals surface area contributed by atoms with Crippen molar-refractivity contribution in [1.29, 1.82) is 0 Å². The van der Waals surface area contributed by atoms with E-state index in [-0.39, 0.29) is 6.61 Å². The molecule has 1 aliphatic heterocycles. The van der Waals surface area contributed by atoms with E-state index in [2.05, 4.69) is 20.2 Å². The summed E-state index contributed by atoms with van der Waals surface area (Å²) in [5.74, 6) is 0.887. The molecule has 0 aliphatic carbocycles. The molecule has 1 saturated heterocycles. The molecular weight excluding hydrogens is 204 g/mol. The summed E-state index contributed by atoms with van der Waals surface area (Å²) in [4.78, 5) is 10.2. The lowest BCUT2D eigenvalue weighted by Gasteiger charge is -2.25. The van der Waals surface area contributed by atoms with E-state index in [0.717, 1.165) is 18.9 Å². The van der Waals surface area contributed by atoms with Gasteiger partial charge in [-0.05, 0) is 25.5 Å². The van der Waals surface area contributed by atoms with Crippen molar-refractivity contribution in [3.63, 3.8) is 0 Å². The highest BCUT2D eigenvalue weighted by atomic mass is 16.3. The van der Waals surface area contributed by atoms with E-state index in [1.165, 1.54) is 12.8 Å². The predicted octanol–water partition coefficient (Wildman–Crippen LogP) is 0.0273. The number of anilines is 1. The van der Waals surface area contributed by atoms with Gasteiger partial charge in [0.05, 0.1) is 6.61 Å². The SMILES string of the molecule is OCCN(CC1CCCN1)c1ccncn1. The van der Waals surface area contributed by atoms with E-state index in [1.807, 2.05) is 6.07 Å². The van der Waals surface area contributed by atoms with Gasteiger partial charge in [-0.1, -0.05) is 0 Å². The molecule has 0 amide bonds. The first-order valence-corrected chi connectivity index (χ1v) is 5.75. The average Bonchev–Trinajstić information content (AvgIpc) is 2.83. The van der Waals surface area contributed by atoms with E-state index >= 15 is 0 Å². The molecule has 0 saturated carbocycles. The van der Waals surface area contributed by atoms with Crippen LogP contribution in [0.3, 0.4) is 0 Å². The van der Waals surface area contributed by atoms with Gasteiger partial charge >= 0.3 is 0 Å². The Kier molecular flexibility index (Phi) is 4.07. The van der Waals surface area contributed by atoms with E-state index in [9.17, 15) is 0 Å². The summed E-state index contributed by atoms with van der Waals surface area (Å²) in [5.41, 5.74) is 0. The van der Waals surface area contributed by atoms with Gasteiger partial charge in [-0.2, -0.15) is 0 Å². The Balaban J connectivity index is 1.99. The van der Waals surface area contributed by atoms with Gasteiger partial charge in [-0.3, -0.25) is 0 Å². The van der Waals surface area contributed by atoms with Gasteiger partial charge in [-0.15, -0.1) is 0 Å². The third kappa shape index (κ3) is 2.90. The highest BCUT2D eigenvalue weighted by Gasteiger charge is 2.18. The summed E-state index contributed by atoms with van der Waals surface area (Å²) in [6, 6.07) is 2.39. The van der Waals surface area contributed by atoms with Crippen LogP contribution in [0.1, 0.15) is 12.8 Å². The van der Waals surface area contributed by atoms with Crippen molar-refractivity contribution < 1.29 is 5.11 Å². The maximum atomic E-state index is 9.07. The van der Waals surface area contributed by atoms with Gasteiger partial charge in [0.25, 0.3) is 0 Å². The zero-order valence-corrected chi connectivity index (χ0v) is 9.34. The summed E-state index contributed by atoms with van der Waals surface area (Å²) >= 11 is 0. The molecule has 1 fully saturated rings. The predicted molar refractivity (Wildman–Crippen MR) is 62.4 cm³/mol. The third-order valence-corrected chi connectivity index (χ3v) is 2.86. The van der Waals surface area contributed by atoms with Crippen molar-refractivity contribution in [2.24, 2.45) is 0 Å². The lowest BCUT2D eigenvalue weighted by atomic mass is 10.2. The first kappa shape index (κ1) is 11.3. The van der Waals surface area contributed by atoms with E-state index < -0.39 is 0 Å². The van der Waals surface area contributed by atoms with Crippen molar-refractivity contribution in [3.05, 3.63) is 18.6 Å². The minimum Gasteiger partial charge on any atom is -0.395 e. The number of aliphatic hydroxyl groups is 1. The van der Waals surface area contributed by atoms with Crippen LogP contribution >= 0.6 is 0 Å². The number of hydrogen-bond donors (Lipinski definition) is 2. The lowest BCUT2D eigenvalue weighted by Crippen LogP contribution is -2.39. The Bertz CT molecular complexity index is 300. The van der Waals surface area contributed by atoms with Crippen LogP contribution in [0.15, 0.2) is 18.6 Å². The second-order valence-corrected chi connectivity index (χ2v) is 4.03. The molecule has 0 spiro atoms. The molecule has 88 valence electrons. The topological polar surface area (TPSA) is 61.3 Å². The molecule has 1 aromatic heterocycles. The zero-order valence-electron chi connectivity index (χ0n) is 9.34. The summed E-state index contributed by atoms with van der Waals surface area (Å²) < 4.78 is 0. The molecule has 2 heterocycles. The zero-order chi connectivity index (χ0) is 11.2. The molecule has 1 atom stereocenters. The molecule has 0 aromatic carbocycles. The van der Waals surface area contributed by atoms with Crippen molar-refractivity contribution in [2.75, 3.05) is 31.1 Å². The van der Waals surface area contributed by atoms with Crippen LogP contribution in [0.25, 0.3) is 0 Å². The Morgan fingerprint density at radius 2 is 2.50 bits per heavy atom. The Hall–Kier alpha value is -1.20. The number of nitrogens with zero attached hydrogens (tertiary/aromatic N) is 3. The van der Waals surface area contributed by atoms with E-state index in [0.29, 0.717) is 12.6 Å². The van der Waals surface area contributed by atoms with Crippen LogP contribution in [-0.2, 0) is 0 Å². The van der Waals surface area contributed by atoms with Crippen molar-refractivity contribution in [1.82, 2.24) is 15.3 Å². The first-order valence-electron chi connectivity index (χ1n) is 5.75. The Morgan fingerprint density at radius 1 is 1.56 bits per heavy atom. The smallest absolute Gasteiger partial charge is 0.132 e. The van der Waals surface area contributed by atoms with Crippen LogP contribution in [-0.4, -0.2) is 47.4 Å². The standard InChI is InChI=1S/C11H18N4O/c16-7-6-15(8-10-2-1-4-13-10)11-3-5-12-9-14-11/h3,5,9-10,13,16H,1-2,4,6-8H2. The minimum absolute atomic E-state index is 0.150. The number of nitrogens with one attached hydrogen (secondary N) is 1. The molecule has 1 unspecified atom stereocenters. The monoisotopic (exact) mass is 222 g/mol. The molecule has 2 N–H and O–H groups in total. The fourth-order valence-electron chi connectivity index (χ4n) is 2.07. The molecular formula is C11H18N4O. The maximum Gasteiger partial charge on any atom is 0.132 e. The highest BCUT2D eigenvalue weighted by Crippen LogP contribution is 2.12. The summed E-state index contributed by atoms with van der Waals surface area (Å²) in [5, 5.41) is 12.5. The number of aromatic nitrogens is 2. The highest BCUT2D eigenvalue weighted by molar-refractivity contribution is 5.36. The van der Waals surface area contributed by atoms with Crippen LogP contribution < -0.4 is 10.2 Å². The minimum atomic E-state index is 0.150. The summed E-state index contributed by atoms with van der Waals surface area (Å²) in [6.45, 7) is 2.77. The quantitative estimate of drug-likeness (QED) is 0.736. The number of rotatable bonds is 5. The third-order valence-electron chi connectivity index (χ3n) is 2.86. The second-order valence-electron chi connectivity index (χ2n) is 4.03. The number of aliphatic hydroxyl groups excluding tert-OH is 1. The van der Waals surface area contributed by atoms with Gasteiger partial charge in [0.2, 0.25) is 0 Å². The second kappa shape index (κ2) is 5.77.